The Morgan fingerprint density at radius 3 is 2.88 bits per heavy atom. The molecule has 1 fully saturated rings. The first-order chi connectivity index (χ1) is 11.4. The number of benzene rings is 1. The highest BCUT2D eigenvalue weighted by atomic mass is 32.2. The van der Waals surface area contributed by atoms with Crippen molar-refractivity contribution in [2.75, 3.05) is 33.2 Å². The zero-order valence-electron chi connectivity index (χ0n) is 14.4. The number of piperidine rings is 1. The molecule has 24 heavy (non-hydrogen) atoms. The highest BCUT2D eigenvalue weighted by molar-refractivity contribution is 7.89. The molecule has 0 aromatic heterocycles. The zero-order valence-corrected chi connectivity index (χ0v) is 15.2. The number of hydrogen-bond donors (Lipinski definition) is 2. The third-order valence-corrected chi connectivity index (χ3v) is 5.77. The Morgan fingerprint density at radius 1 is 1.38 bits per heavy atom. The fourth-order valence-electron chi connectivity index (χ4n) is 3.02. The topological polar surface area (TPSA) is 78.5 Å². The lowest BCUT2D eigenvalue weighted by Crippen LogP contribution is -2.36. The van der Waals surface area contributed by atoms with Crippen LogP contribution in [0.1, 0.15) is 36.5 Å². The molecular weight excluding hydrogens is 326 g/mol. The molecule has 1 amide bonds. The van der Waals surface area contributed by atoms with Gasteiger partial charge in [-0.05, 0) is 63.5 Å². The van der Waals surface area contributed by atoms with Crippen molar-refractivity contribution in [1.82, 2.24) is 14.9 Å². The Morgan fingerprint density at radius 2 is 2.17 bits per heavy atom. The van der Waals surface area contributed by atoms with Crippen LogP contribution < -0.4 is 10.0 Å². The highest BCUT2D eigenvalue weighted by Crippen LogP contribution is 2.15. The summed E-state index contributed by atoms with van der Waals surface area (Å²) >= 11 is 0. The van der Waals surface area contributed by atoms with Crippen LogP contribution in [0.15, 0.2) is 29.2 Å². The predicted molar refractivity (Wildman–Crippen MR) is 94.5 cm³/mol. The molecule has 0 saturated carbocycles. The maximum Gasteiger partial charge on any atom is 0.251 e. The first-order valence-electron chi connectivity index (χ1n) is 8.46. The second-order valence-corrected chi connectivity index (χ2v) is 8.28. The fourth-order valence-corrected chi connectivity index (χ4v) is 3.79. The van der Waals surface area contributed by atoms with E-state index < -0.39 is 10.0 Å². The van der Waals surface area contributed by atoms with E-state index >= 15 is 0 Å². The molecule has 134 valence electrons. The van der Waals surface area contributed by atoms with Crippen molar-refractivity contribution in [2.24, 2.45) is 5.92 Å². The third kappa shape index (κ3) is 5.29. The van der Waals surface area contributed by atoms with Gasteiger partial charge in [0.2, 0.25) is 10.0 Å². The predicted octanol–water partition coefficient (Wildman–Crippen LogP) is 1.45. The van der Waals surface area contributed by atoms with Gasteiger partial charge in [0.25, 0.3) is 5.91 Å². The van der Waals surface area contributed by atoms with Crippen LogP contribution in [0.4, 0.5) is 0 Å². The van der Waals surface area contributed by atoms with Gasteiger partial charge in [0.1, 0.15) is 0 Å². The molecule has 1 aromatic carbocycles. The van der Waals surface area contributed by atoms with E-state index in [1.807, 2.05) is 0 Å². The van der Waals surface area contributed by atoms with Crippen LogP contribution in [-0.4, -0.2) is 52.5 Å². The molecule has 1 heterocycles. The van der Waals surface area contributed by atoms with Crippen molar-refractivity contribution >= 4 is 15.9 Å². The van der Waals surface area contributed by atoms with Crippen LogP contribution in [0.2, 0.25) is 0 Å². The molecule has 1 aliphatic rings. The standard InChI is InChI=1S/C17H27N3O3S/c1-14-6-4-10-20(13-14)11-5-9-19-17(21)15-7-3-8-16(12-15)24(22,23)18-2/h3,7-8,12,14,18H,4-6,9-11,13H2,1-2H3,(H,19,21)/t14-/m1/s1. The largest absolute Gasteiger partial charge is 0.352 e. The van der Waals surface area contributed by atoms with Crippen LogP contribution in [0, 0.1) is 5.92 Å². The Kier molecular flexibility index (Phi) is 6.77. The SMILES string of the molecule is CNS(=O)(=O)c1cccc(C(=O)NCCCN2CCC[C@@H](C)C2)c1. The van der Waals surface area contributed by atoms with Crippen LogP contribution in [0.25, 0.3) is 0 Å². The lowest BCUT2D eigenvalue weighted by Gasteiger charge is -2.30. The minimum absolute atomic E-state index is 0.0972. The monoisotopic (exact) mass is 353 g/mol. The average molecular weight is 353 g/mol. The molecule has 1 aromatic rings. The Labute approximate surface area is 144 Å². The molecule has 1 saturated heterocycles. The summed E-state index contributed by atoms with van der Waals surface area (Å²) < 4.78 is 25.8. The van der Waals surface area contributed by atoms with Gasteiger partial charge in [0.15, 0.2) is 0 Å². The first kappa shape index (κ1) is 18.9. The molecule has 0 spiro atoms. The smallest absolute Gasteiger partial charge is 0.251 e. The molecule has 6 nitrogen and oxygen atoms in total. The normalized spacial score (nSPS) is 19.2. The molecule has 0 radical (unpaired) electrons. The molecule has 2 N–H and O–H groups in total. The Bertz CT molecular complexity index is 661. The molecule has 1 atom stereocenters. The van der Waals surface area contributed by atoms with Crippen molar-refractivity contribution in [3.05, 3.63) is 29.8 Å². The molecule has 1 aliphatic heterocycles. The summed E-state index contributed by atoms with van der Waals surface area (Å²) in [5.41, 5.74) is 0.359. The van der Waals surface area contributed by atoms with E-state index in [9.17, 15) is 13.2 Å². The van der Waals surface area contributed by atoms with Gasteiger partial charge in [-0.3, -0.25) is 4.79 Å². The number of nitrogens with one attached hydrogen (secondary N) is 2. The zero-order chi connectivity index (χ0) is 17.6. The van der Waals surface area contributed by atoms with E-state index in [1.54, 1.807) is 12.1 Å². The van der Waals surface area contributed by atoms with Gasteiger partial charge < -0.3 is 10.2 Å². The number of rotatable bonds is 7. The fraction of sp³-hybridized carbons (Fsp3) is 0.588. The van der Waals surface area contributed by atoms with Gasteiger partial charge >= 0.3 is 0 Å². The number of nitrogens with zero attached hydrogens (tertiary/aromatic N) is 1. The summed E-state index contributed by atoms with van der Waals surface area (Å²) in [5, 5.41) is 2.87. The summed E-state index contributed by atoms with van der Waals surface area (Å²) in [6.45, 7) is 6.13. The number of carbonyl (C=O) groups is 1. The molecule has 0 aliphatic carbocycles. The van der Waals surface area contributed by atoms with Crippen LogP contribution in [-0.2, 0) is 10.0 Å². The summed E-state index contributed by atoms with van der Waals surface area (Å²) in [6, 6.07) is 6.07. The van der Waals surface area contributed by atoms with Crippen LogP contribution in [0.5, 0.6) is 0 Å². The van der Waals surface area contributed by atoms with E-state index in [4.69, 9.17) is 0 Å². The van der Waals surface area contributed by atoms with Gasteiger partial charge in [-0.1, -0.05) is 13.0 Å². The maximum atomic E-state index is 12.2. The average Bonchev–Trinajstić information content (AvgIpc) is 2.58. The number of likely N-dealkylation sites (tertiary alicyclic amines) is 1. The minimum atomic E-state index is -3.54. The second kappa shape index (κ2) is 8.60. The maximum absolute atomic E-state index is 12.2. The Balaban J connectivity index is 1.81. The van der Waals surface area contributed by atoms with Crippen LogP contribution in [0.3, 0.4) is 0 Å². The van der Waals surface area contributed by atoms with E-state index in [0.29, 0.717) is 12.1 Å². The van der Waals surface area contributed by atoms with E-state index in [2.05, 4.69) is 21.9 Å². The first-order valence-corrected chi connectivity index (χ1v) is 9.95. The number of amides is 1. The number of carbonyl (C=O) groups excluding carboxylic acids is 1. The number of hydrogen-bond acceptors (Lipinski definition) is 4. The minimum Gasteiger partial charge on any atom is -0.352 e. The van der Waals surface area contributed by atoms with Gasteiger partial charge in [-0.15, -0.1) is 0 Å². The van der Waals surface area contributed by atoms with Gasteiger partial charge in [-0.2, -0.15) is 0 Å². The molecule has 0 unspecified atom stereocenters. The lowest BCUT2D eigenvalue weighted by molar-refractivity contribution is 0.0950. The van der Waals surface area contributed by atoms with Crippen molar-refractivity contribution in [2.45, 2.75) is 31.1 Å². The Hall–Kier alpha value is -1.44. The molecule has 2 rings (SSSR count). The lowest BCUT2D eigenvalue weighted by atomic mass is 10.0. The summed E-state index contributed by atoms with van der Waals surface area (Å²) in [6.07, 6.45) is 3.45. The van der Waals surface area contributed by atoms with Crippen molar-refractivity contribution in [1.29, 1.82) is 0 Å². The van der Waals surface area contributed by atoms with Crippen LogP contribution >= 0.6 is 0 Å². The third-order valence-electron chi connectivity index (χ3n) is 4.35. The quantitative estimate of drug-likeness (QED) is 0.727. The summed E-state index contributed by atoms with van der Waals surface area (Å²) in [5.74, 6) is 0.514. The second-order valence-electron chi connectivity index (χ2n) is 6.39. The van der Waals surface area contributed by atoms with Gasteiger partial charge in [0.05, 0.1) is 4.90 Å². The van der Waals surface area contributed by atoms with Gasteiger partial charge in [-0.25, -0.2) is 13.1 Å². The summed E-state index contributed by atoms with van der Waals surface area (Å²) in [4.78, 5) is 14.7. The van der Waals surface area contributed by atoms with E-state index in [0.717, 1.165) is 32.0 Å². The highest BCUT2D eigenvalue weighted by Gasteiger charge is 2.16. The van der Waals surface area contributed by atoms with Crippen molar-refractivity contribution in [3.8, 4) is 0 Å². The number of sulfonamides is 1. The van der Waals surface area contributed by atoms with E-state index in [-0.39, 0.29) is 10.8 Å². The van der Waals surface area contributed by atoms with Gasteiger partial charge in [0, 0.05) is 18.7 Å². The summed E-state index contributed by atoms with van der Waals surface area (Å²) in [7, 11) is -2.19. The van der Waals surface area contributed by atoms with Crippen molar-refractivity contribution < 1.29 is 13.2 Å². The van der Waals surface area contributed by atoms with Crippen molar-refractivity contribution in [3.63, 3.8) is 0 Å². The molecule has 7 heteroatoms. The molecule has 0 bridgehead atoms. The molecular formula is C17H27N3O3S. The van der Waals surface area contributed by atoms with E-state index in [1.165, 1.54) is 32.0 Å².